The minimum atomic E-state index is -0.322. The number of likely N-dealkylation sites (tertiary alicyclic amines) is 1. The van der Waals surface area contributed by atoms with E-state index in [1.54, 1.807) is 4.90 Å². The predicted octanol–water partition coefficient (Wildman–Crippen LogP) is 0.758. The van der Waals surface area contributed by atoms with Gasteiger partial charge < -0.3 is 14.7 Å². The van der Waals surface area contributed by atoms with E-state index in [2.05, 4.69) is 0 Å². The number of piperidine rings is 1. The fourth-order valence-corrected chi connectivity index (χ4v) is 2.85. The Morgan fingerprint density at radius 2 is 2.44 bits per heavy atom. The van der Waals surface area contributed by atoms with Crippen molar-refractivity contribution < 1.29 is 14.6 Å². The zero-order chi connectivity index (χ0) is 11.6. The van der Waals surface area contributed by atoms with Gasteiger partial charge in [-0.15, -0.1) is 11.6 Å². The number of hydrogen-bond acceptors (Lipinski definition) is 3. The minimum Gasteiger partial charge on any atom is -0.393 e. The van der Waals surface area contributed by atoms with E-state index >= 15 is 0 Å². The van der Waals surface area contributed by atoms with Gasteiger partial charge in [0.05, 0.1) is 11.7 Å². The van der Waals surface area contributed by atoms with Crippen LogP contribution in [0.3, 0.4) is 0 Å². The van der Waals surface area contributed by atoms with Gasteiger partial charge in [-0.1, -0.05) is 0 Å². The van der Waals surface area contributed by atoms with Gasteiger partial charge in [0.1, 0.15) is 5.88 Å². The lowest BCUT2D eigenvalue weighted by atomic mass is 9.84. The summed E-state index contributed by atoms with van der Waals surface area (Å²) in [6.07, 6.45) is 2.90. The van der Waals surface area contributed by atoms with Crippen LogP contribution in [0.2, 0.25) is 0 Å². The van der Waals surface area contributed by atoms with Crippen molar-refractivity contribution in [3.63, 3.8) is 0 Å². The zero-order valence-corrected chi connectivity index (χ0v) is 10.1. The number of hydrogen-bond donors (Lipinski definition) is 1. The molecule has 2 rings (SSSR count). The van der Waals surface area contributed by atoms with Crippen LogP contribution in [0.4, 0.5) is 0 Å². The molecular weight excluding hydrogens is 230 g/mol. The van der Waals surface area contributed by atoms with Crippen molar-refractivity contribution >= 4 is 17.5 Å². The van der Waals surface area contributed by atoms with Crippen LogP contribution in [0.5, 0.6) is 0 Å². The second kappa shape index (κ2) is 4.90. The highest BCUT2D eigenvalue weighted by Crippen LogP contribution is 2.33. The lowest BCUT2D eigenvalue weighted by molar-refractivity contribution is -0.159. The molecule has 1 N–H and O–H groups in total. The van der Waals surface area contributed by atoms with Crippen molar-refractivity contribution in [2.45, 2.75) is 37.4 Å². The Balaban J connectivity index is 2.02. The molecule has 0 aliphatic carbocycles. The van der Waals surface area contributed by atoms with E-state index in [9.17, 15) is 9.90 Å². The Morgan fingerprint density at radius 3 is 3.12 bits per heavy atom. The minimum absolute atomic E-state index is 0.0264. The number of nitrogens with zero attached hydrogens (tertiary/aromatic N) is 1. The molecule has 2 fully saturated rings. The van der Waals surface area contributed by atoms with Crippen LogP contribution in [0.1, 0.15) is 25.7 Å². The maximum absolute atomic E-state index is 11.6. The Labute approximate surface area is 101 Å². The first-order chi connectivity index (χ1) is 7.65. The summed E-state index contributed by atoms with van der Waals surface area (Å²) in [6.45, 7) is 1.92. The molecule has 92 valence electrons. The Morgan fingerprint density at radius 1 is 1.62 bits per heavy atom. The summed E-state index contributed by atoms with van der Waals surface area (Å²) in [4.78, 5) is 13.3. The molecule has 2 aliphatic heterocycles. The van der Waals surface area contributed by atoms with Crippen LogP contribution >= 0.6 is 11.6 Å². The number of amides is 1. The zero-order valence-electron chi connectivity index (χ0n) is 9.32. The predicted molar refractivity (Wildman–Crippen MR) is 60.5 cm³/mol. The second-order valence-corrected chi connectivity index (χ2v) is 5.00. The summed E-state index contributed by atoms with van der Waals surface area (Å²) in [5, 5.41) is 9.70. The van der Waals surface area contributed by atoms with E-state index in [4.69, 9.17) is 16.3 Å². The number of ether oxygens (including phenoxy) is 1. The highest BCUT2D eigenvalue weighted by atomic mass is 35.5. The average Bonchev–Trinajstić information content (AvgIpc) is 2.28. The maximum Gasteiger partial charge on any atom is 0.237 e. The van der Waals surface area contributed by atoms with Crippen molar-refractivity contribution in [2.24, 2.45) is 0 Å². The number of rotatable bonds is 1. The molecule has 1 amide bonds. The molecule has 1 spiro atoms. The molecule has 0 aromatic rings. The third kappa shape index (κ3) is 2.50. The van der Waals surface area contributed by atoms with E-state index < -0.39 is 0 Å². The first-order valence-corrected chi connectivity index (χ1v) is 6.34. The molecular formula is C11H18ClNO3. The summed E-state index contributed by atoms with van der Waals surface area (Å²) < 4.78 is 5.80. The number of carbonyl (C=O) groups is 1. The highest BCUT2D eigenvalue weighted by molar-refractivity contribution is 6.27. The van der Waals surface area contributed by atoms with Crippen LogP contribution in [-0.2, 0) is 9.53 Å². The highest BCUT2D eigenvalue weighted by Gasteiger charge is 2.41. The number of aliphatic hydroxyl groups is 1. The molecule has 2 heterocycles. The first kappa shape index (κ1) is 12.1. The monoisotopic (exact) mass is 247 g/mol. The molecule has 0 aromatic heterocycles. The standard InChI is InChI=1S/C11H18ClNO3/c12-7-10(15)13-4-1-3-11(8-13)6-9(14)2-5-16-11/h9,14H,1-8H2/t9-,11-/m0/s1. The van der Waals surface area contributed by atoms with Crippen molar-refractivity contribution in [3.05, 3.63) is 0 Å². The van der Waals surface area contributed by atoms with Crippen molar-refractivity contribution in [3.8, 4) is 0 Å². The van der Waals surface area contributed by atoms with E-state index in [0.29, 0.717) is 26.0 Å². The lowest BCUT2D eigenvalue weighted by Gasteiger charge is -2.46. The van der Waals surface area contributed by atoms with Crippen LogP contribution in [0, 0.1) is 0 Å². The van der Waals surface area contributed by atoms with Gasteiger partial charge >= 0.3 is 0 Å². The molecule has 16 heavy (non-hydrogen) atoms. The smallest absolute Gasteiger partial charge is 0.237 e. The lowest BCUT2D eigenvalue weighted by Crippen LogP contribution is -2.55. The van der Waals surface area contributed by atoms with E-state index in [0.717, 1.165) is 19.4 Å². The topological polar surface area (TPSA) is 49.8 Å². The van der Waals surface area contributed by atoms with Gasteiger partial charge in [0.15, 0.2) is 0 Å². The fourth-order valence-electron chi connectivity index (χ4n) is 2.68. The van der Waals surface area contributed by atoms with E-state index in [1.807, 2.05) is 0 Å². The van der Waals surface area contributed by atoms with Crippen molar-refractivity contribution in [2.75, 3.05) is 25.6 Å². The van der Waals surface area contributed by atoms with E-state index in [-0.39, 0.29) is 23.5 Å². The van der Waals surface area contributed by atoms with Gasteiger partial charge in [-0.3, -0.25) is 4.79 Å². The van der Waals surface area contributed by atoms with E-state index in [1.165, 1.54) is 0 Å². The molecule has 0 saturated carbocycles. The van der Waals surface area contributed by atoms with Gasteiger partial charge in [-0.05, 0) is 19.3 Å². The summed E-state index contributed by atoms with van der Waals surface area (Å²) in [7, 11) is 0. The first-order valence-electron chi connectivity index (χ1n) is 5.81. The molecule has 0 bridgehead atoms. The van der Waals surface area contributed by atoms with Crippen molar-refractivity contribution in [1.82, 2.24) is 4.90 Å². The van der Waals surface area contributed by atoms with Crippen LogP contribution in [-0.4, -0.2) is 53.2 Å². The Bertz CT molecular complexity index is 270. The van der Waals surface area contributed by atoms with Gasteiger partial charge in [-0.25, -0.2) is 0 Å². The molecule has 2 aliphatic rings. The number of alkyl halides is 1. The summed E-state index contributed by atoms with van der Waals surface area (Å²) in [5.74, 6) is -0.0112. The molecule has 2 atom stereocenters. The largest absolute Gasteiger partial charge is 0.393 e. The Kier molecular flexibility index (Phi) is 3.72. The third-order valence-corrected chi connectivity index (χ3v) is 3.70. The number of halogens is 1. The van der Waals surface area contributed by atoms with Gasteiger partial charge in [0, 0.05) is 26.1 Å². The van der Waals surface area contributed by atoms with Crippen LogP contribution in [0.25, 0.3) is 0 Å². The van der Waals surface area contributed by atoms with Crippen molar-refractivity contribution in [1.29, 1.82) is 0 Å². The SMILES string of the molecule is O=C(CCl)N1CCC[C@]2(C[C@@H](O)CCO2)C1. The summed E-state index contributed by atoms with van der Waals surface area (Å²) in [5.41, 5.74) is -0.322. The second-order valence-electron chi connectivity index (χ2n) is 4.73. The fraction of sp³-hybridized carbons (Fsp3) is 0.909. The van der Waals surface area contributed by atoms with Gasteiger partial charge in [-0.2, -0.15) is 0 Å². The Hall–Kier alpha value is -0.320. The van der Waals surface area contributed by atoms with Crippen LogP contribution < -0.4 is 0 Å². The third-order valence-electron chi connectivity index (χ3n) is 3.47. The molecule has 5 heteroatoms. The molecule has 4 nitrogen and oxygen atoms in total. The molecule has 0 aromatic carbocycles. The van der Waals surface area contributed by atoms with Crippen LogP contribution in [0.15, 0.2) is 0 Å². The van der Waals surface area contributed by atoms with Gasteiger partial charge in [0.2, 0.25) is 5.91 Å². The van der Waals surface area contributed by atoms with Gasteiger partial charge in [0.25, 0.3) is 0 Å². The average molecular weight is 248 g/mol. The molecule has 2 saturated heterocycles. The number of carbonyl (C=O) groups excluding carboxylic acids is 1. The molecule has 0 radical (unpaired) electrons. The molecule has 0 unspecified atom stereocenters. The maximum atomic E-state index is 11.6. The number of aliphatic hydroxyl groups excluding tert-OH is 1. The quantitative estimate of drug-likeness (QED) is 0.696. The summed E-state index contributed by atoms with van der Waals surface area (Å²) >= 11 is 5.56. The normalized spacial score (nSPS) is 35.4. The summed E-state index contributed by atoms with van der Waals surface area (Å²) in [6, 6.07) is 0.